The van der Waals surface area contributed by atoms with E-state index in [9.17, 15) is 9.59 Å². The highest BCUT2D eigenvalue weighted by atomic mass is 32.1. The van der Waals surface area contributed by atoms with Crippen LogP contribution in [0, 0.1) is 12.8 Å². The number of rotatable bonds is 3. The smallest absolute Gasteiger partial charge is 0.273 e. The minimum absolute atomic E-state index is 0.0779. The highest BCUT2D eigenvalue weighted by Crippen LogP contribution is 2.28. The average Bonchev–Trinajstić information content (AvgIpc) is 3.15. The minimum Gasteiger partial charge on any atom is -0.459 e. The van der Waals surface area contributed by atoms with E-state index in [0.29, 0.717) is 23.0 Å². The van der Waals surface area contributed by atoms with Crippen LogP contribution in [0.1, 0.15) is 36.0 Å². The van der Waals surface area contributed by atoms with Crippen molar-refractivity contribution < 1.29 is 14.0 Å². The van der Waals surface area contributed by atoms with Crippen LogP contribution in [0.25, 0.3) is 10.8 Å². The minimum atomic E-state index is -0.347. The quantitative estimate of drug-likeness (QED) is 0.934. The van der Waals surface area contributed by atoms with Crippen molar-refractivity contribution in [2.24, 2.45) is 11.7 Å². The van der Waals surface area contributed by atoms with E-state index in [1.54, 1.807) is 10.3 Å². The molecular weight excluding hydrogens is 314 g/mol. The Hall–Kier alpha value is -2.15. The number of carbonyl (C=O) groups excluding carboxylic acids is 2. The number of furan rings is 1. The molecule has 1 saturated heterocycles. The zero-order chi connectivity index (χ0) is 16.6. The first-order valence-electron chi connectivity index (χ1n) is 7.58. The van der Waals surface area contributed by atoms with Crippen LogP contribution in [-0.4, -0.2) is 34.3 Å². The van der Waals surface area contributed by atoms with Crippen molar-refractivity contribution in [2.75, 3.05) is 6.54 Å². The first kappa shape index (κ1) is 15.7. The lowest BCUT2D eigenvalue weighted by Gasteiger charge is -2.36. The second kappa shape index (κ2) is 6.16. The zero-order valence-electron chi connectivity index (χ0n) is 13.1. The van der Waals surface area contributed by atoms with E-state index >= 15 is 0 Å². The Kier molecular flexibility index (Phi) is 4.21. The Morgan fingerprint density at radius 1 is 1.39 bits per heavy atom. The molecule has 0 spiro atoms. The maximum Gasteiger partial charge on any atom is 0.273 e. The molecule has 2 amide bonds. The third kappa shape index (κ3) is 3.14. The zero-order valence-corrected chi connectivity index (χ0v) is 13.9. The van der Waals surface area contributed by atoms with Crippen LogP contribution >= 0.6 is 11.3 Å². The fourth-order valence-corrected chi connectivity index (χ4v) is 3.56. The third-order valence-corrected chi connectivity index (χ3v) is 5.08. The summed E-state index contributed by atoms with van der Waals surface area (Å²) < 4.78 is 5.54. The Bertz CT molecular complexity index is 737. The first-order chi connectivity index (χ1) is 11.0. The van der Waals surface area contributed by atoms with Crippen LogP contribution in [0.15, 0.2) is 21.9 Å². The van der Waals surface area contributed by atoms with Crippen molar-refractivity contribution in [3.8, 4) is 10.8 Å². The lowest BCUT2D eigenvalue weighted by atomic mass is 9.93. The summed E-state index contributed by atoms with van der Waals surface area (Å²) in [6.07, 6.45) is 1.50. The summed E-state index contributed by atoms with van der Waals surface area (Å²) in [5.41, 5.74) is 5.78. The van der Waals surface area contributed by atoms with Crippen LogP contribution in [0.2, 0.25) is 0 Å². The second-order valence-electron chi connectivity index (χ2n) is 5.93. The molecule has 3 rings (SSSR count). The number of aryl methyl sites for hydroxylation is 1. The summed E-state index contributed by atoms with van der Waals surface area (Å²) >= 11 is 1.37. The summed E-state index contributed by atoms with van der Waals surface area (Å²) in [5, 5.41) is 2.41. The predicted octanol–water partition coefficient (Wildman–Crippen LogP) is 2.44. The van der Waals surface area contributed by atoms with Crippen LogP contribution < -0.4 is 5.73 Å². The standard InChI is InChI=1S/C16H19N3O3S/c1-9-3-5-11(14(17)20)7-19(9)16(21)12-8-23-15(18-12)13-6-4-10(2)22-13/h4,6,8-9,11H,3,5,7H2,1-2H3,(H2,17,20)/t9-,11-/m0/s1. The van der Waals surface area contributed by atoms with Gasteiger partial charge in [0.15, 0.2) is 10.8 Å². The van der Waals surface area contributed by atoms with Crippen LogP contribution in [0.3, 0.4) is 0 Å². The Labute approximate surface area is 138 Å². The van der Waals surface area contributed by atoms with Gasteiger partial charge < -0.3 is 15.1 Å². The highest BCUT2D eigenvalue weighted by molar-refractivity contribution is 7.13. The van der Waals surface area contributed by atoms with Gasteiger partial charge in [-0.2, -0.15) is 0 Å². The summed E-state index contributed by atoms with van der Waals surface area (Å²) in [7, 11) is 0. The number of amides is 2. The maximum absolute atomic E-state index is 12.7. The molecule has 0 bridgehead atoms. The van der Waals surface area contributed by atoms with Gasteiger partial charge in [0, 0.05) is 18.0 Å². The first-order valence-corrected chi connectivity index (χ1v) is 8.46. The predicted molar refractivity (Wildman–Crippen MR) is 87.0 cm³/mol. The number of likely N-dealkylation sites (tertiary alicyclic amines) is 1. The molecule has 1 fully saturated rings. The fourth-order valence-electron chi connectivity index (χ4n) is 2.80. The van der Waals surface area contributed by atoms with Crippen LogP contribution in [0.4, 0.5) is 0 Å². The lowest BCUT2D eigenvalue weighted by Crippen LogP contribution is -2.48. The Morgan fingerprint density at radius 2 is 2.17 bits per heavy atom. The van der Waals surface area contributed by atoms with Gasteiger partial charge in [0.05, 0.1) is 5.92 Å². The lowest BCUT2D eigenvalue weighted by molar-refractivity contribution is -0.123. The molecular formula is C16H19N3O3S. The number of nitrogens with zero attached hydrogens (tertiary/aromatic N) is 2. The van der Waals surface area contributed by atoms with Gasteiger partial charge in [-0.3, -0.25) is 9.59 Å². The topological polar surface area (TPSA) is 89.4 Å². The van der Waals surface area contributed by atoms with E-state index in [1.165, 1.54) is 11.3 Å². The number of carbonyl (C=O) groups is 2. The van der Waals surface area contributed by atoms with E-state index in [-0.39, 0.29) is 23.8 Å². The molecule has 3 heterocycles. The average molecular weight is 333 g/mol. The molecule has 1 aliphatic heterocycles. The molecule has 0 saturated carbocycles. The van der Waals surface area contributed by atoms with Crippen LogP contribution in [0.5, 0.6) is 0 Å². The molecule has 2 N–H and O–H groups in total. The largest absolute Gasteiger partial charge is 0.459 e. The SMILES string of the molecule is Cc1ccc(-c2nc(C(=O)N3C[C@@H](C(N)=O)CC[C@@H]3C)cs2)o1. The van der Waals surface area contributed by atoms with Gasteiger partial charge in [-0.05, 0) is 38.8 Å². The van der Waals surface area contributed by atoms with E-state index < -0.39 is 0 Å². The molecule has 0 radical (unpaired) electrons. The van der Waals surface area contributed by atoms with E-state index in [1.807, 2.05) is 26.0 Å². The molecule has 2 aromatic rings. The number of primary amides is 1. The molecule has 0 unspecified atom stereocenters. The van der Waals surface area contributed by atoms with Crippen molar-refractivity contribution >= 4 is 23.2 Å². The molecule has 0 aromatic carbocycles. The van der Waals surface area contributed by atoms with Gasteiger partial charge in [0.25, 0.3) is 5.91 Å². The molecule has 2 atom stereocenters. The maximum atomic E-state index is 12.7. The highest BCUT2D eigenvalue weighted by Gasteiger charge is 2.33. The summed E-state index contributed by atoms with van der Waals surface area (Å²) in [6, 6.07) is 3.78. The molecule has 2 aromatic heterocycles. The van der Waals surface area contributed by atoms with Gasteiger partial charge in [-0.25, -0.2) is 4.98 Å². The molecule has 23 heavy (non-hydrogen) atoms. The number of nitrogens with two attached hydrogens (primary N) is 1. The van der Waals surface area contributed by atoms with E-state index in [4.69, 9.17) is 10.2 Å². The third-order valence-electron chi connectivity index (χ3n) is 4.22. The Morgan fingerprint density at radius 3 is 2.83 bits per heavy atom. The van der Waals surface area contributed by atoms with Crippen molar-refractivity contribution in [3.05, 3.63) is 29.0 Å². The van der Waals surface area contributed by atoms with Crippen molar-refractivity contribution in [1.82, 2.24) is 9.88 Å². The number of aromatic nitrogens is 1. The van der Waals surface area contributed by atoms with Gasteiger partial charge in [0.2, 0.25) is 5.91 Å². The van der Waals surface area contributed by atoms with Crippen LogP contribution in [-0.2, 0) is 4.79 Å². The summed E-state index contributed by atoms with van der Waals surface area (Å²) in [6.45, 7) is 4.21. The molecule has 7 heteroatoms. The summed E-state index contributed by atoms with van der Waals surface area (Å²) in [4.78, 5) is 30.2. The van der Waals surface area contributed by atoms with E-state index in [0.717, 1.165) is 18.6 Å². The van der Waals surface area contributed by atoms with Crippen molar-refractivity contribution in [2.45, 2.75) is 32.7 Å². The van der Waals surface area contributed by atoms with Crippen molar-refractivity contribution in [3.63, 3.8) is 0 Å². The monoisotopic (exact) mass is 333 g/mol. The molecule has 0 aliphatic carbocycles. The molecule has 122 valence electrons. The number of hydrogen-bond donors (Lipinski definition) is 1. The van der Waals surface area contributed by atoms with Gasteiger partial charge in [-0.15, -0.1) is 11.3 Å². The second-order valence-corrected chi connectivity index (χ2v) is 6.79. The van der Waals surface area contributed by atoms with Crippen molar-refractivity contribution in [1.29, 1.82) is 0 Å². The molecule has 6 nitrogen and oxygen atoms in total. The number of piperidine rings is 1. The summed E-state index contributed by atoms with van der Waals surface area (Å²) in [5.74, 6) is 0.681. The fraction of sp³-hybridized carbons (Fsp3) is 0.438. The van der Waals surface area contributed by atoms with E-state index in [2.05, 4.69) is 4.98 Å². The number of hydrogen-bond acceptors (Lipinski definition) is 5. The van der Waals surface area contributed by atoms with Gasteiger partial charge in [0.1, 0.15) is 11.5 Å². The normalized spacial score (nSPS) is 21.4. The molecule has 1 aliphatic rings. The number of thiazole rings is 1. The Balaban J connectivity index is 1.79. The van der Waals surface area contributed by atoms with Gasteiger partial charge in [-0.1, -0.05) is 0 Å². The van der Waals surface area contributed by atoms with Gasteiger partial charge >= 0.3 is 0 Å².